The molecule has 0 radical (unpaired) electrons. The van der Waals surface area contributed by atoms with Crippen LogP contribution in [-0.4, -0.2) is 81.2 Å². The second kappa shape index (κ2) is 56.4. The van der Waals surface area contributed by atoms with Crippen molar-refractivity contribution in [2.24, 2.45) is 11.8 Å². The molecule has 0 saturated heterocycles. The summed E-state index contributed by atoms with van der Waals surface area (Å²) in [6, 6.07) is 0. The van der Waals surface area contributed by atoms with Gasteiger partial charge in [-0.05, 0) is 24.7 Å². The molecule has 0 aromatic heterocycles. The molecule has 13 heteroatoms. The third-order valence-corrected chi connectivity index (χ3v) is 12.4. The standard InChI is InChI=1S/2C10H20O2S.2C8H17.2C2H4O2S.Sn/c2*1-9(2)6-4-3-5-7-12-10(11)8-13;2*1-3-5-7-8-6-4-2;2*3-2(4)1-5;/h2*9,13H,3-8H2,1-2H3;2*1,3-8H2,2H3;2*5H,1H2,(H,3,4);/q;;;;;;+2/p-2. The van der Waals surface area contributed by atoms with Crippen molar-refractivity contribution in [1.29, 1.82) is 0 Å². The molecule has 0 heterocycles. The van der Waals surface area contributed by atoms with Crippen LogP contribution in [0.3, 0.4) is 0 Å². The molecule has 0 fully saturated rings. The topological polar surface area (TPSA) is 133 Å². The zero-order valence-corrected chi connectivity index (χ0v) is 40.9. The van der Waals surface area contributed by atoms with Crippen LogP contribution in [0.2, 0.25) is 8.87 Å². The SMILES string of the molecule is CC(C)CCCCCOC(=O)CS.CC(C)CCCCCOC(=O)CS.CCCCCCC[CH2][Sn+2][CH2]CCCCCCC.O=C([O-])CS.O=C([O-])CS. The van der Waals surface area contributed by atoms with Crippen LogP contribution < -0.4 is 10.2 Å². The zero-order chi connectivity index (χ0) is 41.4. The summed E-state index contributed by atoms with van der Waals surface area (Å²) < 4.78 is 13.1. The number of thiol groups is 4. The van der Waals surface area contributed by atoms with Crippen LogP contribution in [-0.2, 0) is 28.7 Å². The third kappa shape index (κ3) is 81.3. The summed E-state index contributed by atoms with van der Waals surface area (Å²) in [5, 5.41) is 18.4. The number of ether oxygens (including phenoxy) is 2. The van der Waals surface area contributed by atoms with Crippen molar-refractivity contribution in [3.8, 4) is 0 Å². The number of carbonyl (C=O) groups is 4. The molecule has 0 bridgehead atoms. The van der Waals surface area contributed by atoms with Gasteiger partial charge in [-0.3, -0.25) is 9.59 Å². The molecule has 0 spiro atoms. The van der Waals surface area contributed by atoms with E-state index in [9.17, 15) is 29.4 Å². The molecule has 0 aliphatic rings. The number of unbranched alkanes of at least 4 members (excludes halogenated alkanes) is 14. The average molecular weight is 936 g/mol. The van der Waals surface area contributed by atoms with Gasteiger partial charge in [0.05, 0.1) is 36.7 Å². The molecule has 0 aromatic carbocycles. The maximum absolute atomic E-state index is 10.7. The Morgan fingerprint density at radius 1 is 0.472 bits per heavy atom. The van der Waals surface area contributed by atoms with Crippen LogP contribution in [0.25, 0.3) is 0 Å². The molecule has 0 unspecified atom stereocenters. The fourth-order valence-electron chi connectivity index (χ4n) is 4.31. The summed E-state index contributed by atoms with van der Waals surface area (Å²) in [5.41, 5.74) is 0. The Morgan fingerprint density at radius 3 is 1.02 bits per heavy atom. The minimum absolute atomic E-state index is 0.0736. The Labute approximate surface area is 358 Å². The number of aliphatic carboxylic acids is 2. The van der Waals surface area contributed by atoms with E-state index in [1.165, 1.54) is 89.9 Å². The molecule has 0 N–H and O–H groups in total. The normalized spacial score (nSPS) is 9.89. The van der Waals surface area contributed by atoms with E-state index >= 15 is 0 Å². The van der Waals surface area contributed by atoms with E-state index in [2.05, 4.69) is 92.1 Å². The molecule has 0 aliphatic heterocycles. The summed E-state index contributed by atoms with van der Waals surface area (Å²) in [4.78, 5) is 39.7. The average Bonchev–Trinajstić information content (AvgIpc) is 3.13. The van der Waals surface area contributed by atoms with Crippen LogP contribution in [0.4, 0.5) is 0 Å². The molecular weight excluding hydrogens is 855 g/mol. The first-order chi connectivity index (χ1) is 25.3. The Kier molecular flexibility index (Phi) is 66.3. The van der Waals surface area contributed by atoms with Crippen LogP contribution >= 0.6 is 50.5 Å². The van der Waals surface area contributed by atoms with E-state index in [0.717, 1.165) is 37.5 Å². The van der Waals surface area contributed by atoms with Gasteiger partial charge in [0.15, 0.2) is 0 Å². The second-order valence-electron chi connectivity index (χ2n) is 13.6. The van der Waals surface area contributed by atoms with Crippen molar-refractivity contribution in [3.63, 3.8) is 0 Å². The molecule has 0 aromatic rings. The third-order valence-electron chi connectivity index (χ3n) is 7.31. The summed E-state index contributed by atoms with van der Waals surface area (Å²) >= 11 is 14.4. The number of carboxylic acid groups (broad SMARTS) is 2. The van der Waals surface area contributed by atoms with E-state index < -0.39 is 11.9 Å². The minimum atomic E-state index is -1.13. The summed E-state index contributed by atoms with van der Waals surface area (Å²) in [7, 11) is 0. The smallest absolute Gasteiger partial charge is 0.0510 e. The van der Waals surface area contributed by atoms with Crippen molar-refractivity contribution in [3.05, 3.63) is 0 Å². The van der Waals surface area contributed by atoms with Gasteiger partial charge in [-0.15, -0.1) is 0 Å². The fourth-order valence-corrected chi connectivity index (χ4v) is 8.06. The number of carbonyl (C=O) groups excluding carboxylic acids is 4. The van der Waals surface area contributed by atoms with E-state index in [1.54, 1.807) is 21.7 Å². The zero-order valence-electron chi connectivity index (χ0n) is 34.5. The first kappa shape index (κ1) is 62.3. The molecule has 0 amide bonds. The number of esters is 2. The van der Waals surface area contributed by atoms with Gasteiger partial charge in [0, 0.05) is 11.5 Å². The van der Waals surface area contributed by atoms with Crippen molar-refractivity contribution < 1.29 is 38.9 Å². The number of rotatable bonds is 30. The van der Waals surface area contributed by atoms with Gasteiger partial charge >= 0.3 is 133 Å². The summed E-state index contributed by atoms with van der Waals surface area (Å²) in [5.74, 6) is -1.15. The van der Waals surface area contributed by atoms with Crippen molar-refractivity contribution in [1.82, 2.24) is 0 Å². The first-order valence-corrected chi connectivity index (χ1v) is 26.7. The van der Waals surface area contributed by atoms with Gasteiger partial charge in [-0.1, -0.05) is 66.2 Å². The van der Waals surface area contributed by atoms with Gasteiger partial charge in [0.25, 0.3) is 0 Å². The van der Waals surface area contributed by atoms with E-state index in [-0.39, 0.29) is 56.1 Å². The molecule has 0 rings (SSSR count). The minimum Gasteiger partial charge on any atom is -0.549 e. The largest absolute Gasteiger partial charge is 0.549 e. The first-order valence-electron chi connectivity index (χ1n) is 20.1. The Morgan fingerprint density at radius 2 is 0.755 bits per heavy atom. The molecular formula is C40H80O8S4Sn. The maximum Gasteiger partial charge on any atom is 0.0510 e. The van der Waals surface area contributed by atoms with Crippen LogP contribution in [0.5, 0.6) is 0 Å². The van der Waals surface area contributed by atoms with Gasteiger partial charge in [-0.25, -0.2) is 0 Å². The van der Waals surface area contributed by atoms with Crippen LogP contribution in [0.1, 0.15) is 170 Å². The Hall–Kier alpha value is 0.0787. The molecule has 0 atom stereocenters. The van der Waals surface area contributed by atoms with Gasteiger partial charge in [-0.2, -0.15) is 50.5 Å². The van der Waals surface area contributed by atoms with Gasteiger partial charge < -0.3 is 29.3 Å². The molecule has 8 nitrogen and oxygen atoms in total. The van der Waals surface area contributed by atoms with Crippen molar-refractivity contribution in [2.75, 3.05) is 36.2 Å². The summed E-state index contributed by atoms with van der Waals surface area (Å²) in [6.45, 7) is 14.6. The second-order valence-corrected chi connectivity index (χ2v) is 19.1. The predicted octanol–water partition coefficient (Wildman–Crippen LogP) is 8.93. The van der Waals surface area contributed by atoms with Crippen molar-refractivity contribution >= 4 is 95.5 Å². The summed E-state index contributed by atoms with van der Waals surface area (Å²) in [6.07, 6.45) is 27.1. The number of carboxylic acids is 2. The van der Waals surface area contributed by atoms with Crippen LogP contribution in [0.15, 0.2) is 0 Å². The maximum atomic E-state index is 10.7. The number of hydrogen-bond acceptors (Lipinski definition) is 12. The molecule has 0 aliphatic carbocycles. The molecule has 316 valence electrons. The molecule has 0 saturated carbocycles. The van der Waals surface area contributed by atoms with Crippen molar-refractivity contribution in [2.45, 2.75) is 179 Å². The molecule has 53 heavy (non-hydrogen) atoms. The van der Waals surface area contributed by atoms with E-state index in [1.807, 2.05) is 0 Å². The Bertz CT molecular complexity index is 702. The van der Waals surface area contributed by atoms with E-state index in [4.69, 9.17) is 9.47 Å². The predicted molar refractivity (Wildman–Crippen MR) is 236 cm³/mol. The quantitative estimate of drug-likeness (QED) is 0.0243. The monoisotopic (exact) mass is 936 g/mol. The van der Waals surface area contributed by atoms with Gasteiger partial charge in [0.1, 0.15) is 0 Å². The van der Waals surface area contributed by atoms with E-state index in [0.29, 0.717) is 13.2 Å². The van der Waals surface area contributed by atoms with Gasteiger partial charge in [0.2, 0.25) is 0 Å². The fraction of sp³-hybridized carbons (Fsp3) is 0.900. The van der Waals surface area contributed by atoms with Crippen LogP contribution in [0, 0.1) is 11.8 Å². The number of hydrogen-bond donors (Lipinski definition) is 4. The Balaban J connectivity index is -0.000000194.